The van der Waals surface area contributed by atoms with Gasteiger partial charge in [-0.15, -0.1) is 6.58 Å². The van der Waals surface area contributed by atoms with E-state index < -0.39 is 0 Å². The second-order valence-corrected chi connectivity index (χ2v) is 7.21. The van der Waals surface area contributed by atoms with E-state index in [1.807, 2.05) is 38.1 Å². The van der Waals surface area contributed by atoms with E-state index in [4.69, 9.17) is 12.2 Å². The van der Waals surface area contributed by atoms with Crippen molar-refractivity contribution in [2.24, 2.45) is 0 Å². The second-order valence-electron chi connectivity index (χ2n) is 5.56. The number of amides is 2. The Hall–Kier alpha value is -1.92. The van der Waals surface area contributed by atoms with Gasteiger partial charge in [-0.2, -0.15) is 0 Å². The van der Waals surface area contributed by atoms with Crippen LogP contribution in [-0.4, -0.2) is 33.6 Å². The van der Waals surface area contributed by atoms with Crippen LogP contribution in [0.4, 0.5) is 5.69 Å². The zero-order valence-electron chi connectivity index (χ0n) is 12.9. The molecule has 118 valence electrons. The first-order valence-electron chi connectivity index (χ1n) is 7.29. The minimum absolute atomic E-state index is 0.0309. The summed E-state index contributed by atoms with van der Waals surface area (Å²) in [6.07, 6.45) is 1.68. The summed E-state index contributed by atoms with van der Waals surface area (Å²) in [5.41, 5.74) is 2.04. The number of carbonyl (C=O) groups excluding carboxylic acids is 2. The SMILES string of the molecule is C=CCN1C(=O)/C(=C2/SC(=S)N(C(C)C)C2=O)c2ccccc21. The molecule has 2 heterocycles. The molecule has 2 aliphatic rings. The highest BCUT2D eigenvalue weighted by Gasteiger charge is 2.42. The Morgan fingerprint density at radius 3 is 2.57 bits per heavy atom. The number of fused-ring (bicyclic) bond motifs is 1. The molecule has 0 aromatic heterocycles. The van der Waals surface area contributed by atoms with Crippen LogP contribution in [0.3, 0.4) is 0 Å². The van der Waals surface area contributed by atoms with E-state index in [0.29, 0.717) is 21.3 Å². The molecule has 2 aliphatic heterocycles. The third-order valence-corrected chi connectivity index (χ3v) is 5.18. The number of rotatable bonds is 3. The van der Waals surface area contributed by atoms with Crippen LogP contribution in [-0.2, 0) is 9.59 Å². The number of carbonyl (C=O) groups is 2. The van der Waals surface area contributed by atoms with E-state index in [1.165, 1.54) is 11.8 Å². The van der Waals surface area contributed by atoms with Crippen LogP contribution in [0.2, 0.25) is 0 Å². The zero-order valence-corrected chi connectivity index (χ0v) is 14.5. The maximum atomic E-state index is 12.9. The molecular formula is C17H16N2O2S2. The standard InChI is InChI=1S/C17H16N2O2S2/c1-4-9-18-12-8-6-5-7-11(12)13(15(18)20)14-16(21)19(10(2)3)17(22)23-14/h4-8,10H,1,9H2,2-3H3/b14-13+. The van der Waals surface area contributed by atoms with Crippen molar-refractivity contribution in [2.45, 2.75) is 19.9 Å². The minimum Gasteiger partial charge on any atom is -0.304 e. The summed E-state index contributed by atoms with van der Waals surface area (Å²) in [6.45, 7) is 7.93. The predicted molar refractivity (Wildman–Crippen MR) is 98.1 cm³/mol. The number of benzene rings is 1. The molecule has 1 aromatic rings. The van der Waals surface area contributed by atoms with Gasteiger partial charge in [-0.1, -0.05) is 48.3 Å². The van der Waals surface area contributed by atoms with Gasteiger partial charge in [0.2, 0.25) is 0 Å². The first kappa shape index (κ1) is 16.0. The number of thioether (sulfide) groups is 1. The van der Waals surface area contributed by atoms with Gasteiger partial charge in [0.1, 0.15) is 4.32 Å². The van der Waals surface area contributed by atoms with Crippen molar-refractivity contribution < 1.29 is 9.59 Å². The molecule has 0 bridgehead atoms. The summed E-state index contributed by atoms with van der Waals surface area (Å²) in [5.74, 6) is -0.357. The average Bonchev–Trinajstić information content (AvgIpc) is 2.94. The third-order valence-electron chi connectivity index (χ3n) is 3.78. The van der Waals surface area contributed by atoms with Crippen LogP contribution in [0, 0.1) is 0 Å². The lowest BCUT2D eigenvalue weighted by Crippen LogP contribution is -2.35. The number of anilines is 1. The van der Waals surface area contributed by atoms with Gasteiger partial charge in [0.05, 0.1) is 16.2 Å². The Bertz CT molecular complexity index is 768. The molecule has 0 spiro atoms. The van der Waals surface area contributed by atoms with Crippen LogP contribution >= 0.6 is 24.0 Å². The van der Waals surface area contributed by atoms with Crippen molar-refractivity contribution in [3.63, 3.8) is 0 Å². The molecule has 1 aromatic carbocycles. The van der Waals surface area contributed by atoms with E-state index in [0.717, 1.165) is 11.3 Å². The molecular weight excluding hydrogens is 328 g/mol. The van der Waals surface area contributed by atoms with Gasteiger partial charge in [-0.3, -0.25) is 14.5 Å². The summed E-state index contributed by atoms with van der Waals surface area (Å²) >= 11 is 6.53. The summed E-state index contributed by atoms with van der Waals surface area (Å²) in [6, 6.07) is 7.47. The molecule has 4 nitrogen and oxygen atoms in total. The van der Waals surface area contributed by atoms with E-state index in [-0.39, 0.29) is 17.9 Å². The normalized spacial score (nSPS) is 20.7. The highest BCUT2D eigenvalue weighted by Crippen LogP contribution is 2.44. The number of hydrogen-bond donors (Lipinski definition) is 0. The highest BCUT2D eigenvalue weighted by molar-refractivity contribution is 8.26. The van der Waals surface area contributed by atoms with E-state index >= 15 is 0 Å². The first-order chi connectivity index (χ1) is 11.0. The Morgan fingerprint density at radius 2 is 1.96 bits per heavy atom. The van der Waals surface area contributed by atoms with Crippen LogP contribution in [0.15, 0.2) is 41.8 Å². The van der Waals surface area contributed by atoms with Crippen molar-refractivity contribution in [2.75, 3.05) is 11.4 Å². The van der Waals surface area contributed by atoms with Gasteiger partial charge >= 0.3 is 0 Å². The topological polar surface area (TPSA) is 40.6 Å². The molecule has 3 rings (SSSR count). The monoisotopic (exact) mass is 344 g/mol. The van der Waals surface area contributed by atoms with Crippen LogP contribution in [0.1, 0.15) is 19.4 Å². The van der Waals surface area contributed by atoms with Gasteiger partial charge < -0.3 is 4.90 Å². The Kier molecular flexibility index (Phi) is 4.12. The van der Waals surface area contributed by atoms with Crippen LogP contribution in [0.25, 0.3) is 5.57 Å². The summed E-state index contributed by atoms with van der Waals surface area (Å²) in [5, 5.41) is 0. The molecule has 0 saturated carbocycles. The Balaban J connectivity index is 2.17. The van der Waals surface area contributed by atoms with Gasteiger partial charge in [0.25, 0.3) is 11.8 Å². The average molecular weight is 344 g/mol. The fraction of sp³-hybridized carbons (Fsp3) is 0.235. The first-order valence-corrected chi connectivity index (χ1v) is 8.51. The summed E-state index contributed by atoms with van der Waals surface area (Å²) in [4.78, 5) is 29.2. The van der Waals surface area contributed by atoms with Gasteiger partial charge in [-0.05, 0) is 19.9 Å². The van der Waals surface area contributed by atoms with Gasteiger partial charge in [0.15, 0.2) is 0 Å². The highest BCUT2D eigenvalue weighted by atomic mass is 32.2. The second kappa shape index (κ2) is 5.94. The number of para-hydroxylation sites is 1. The van der Waals surface area contributed by atoms with E-state index in [2.05, 4.69) is 6.58 Å². The molecule has 0 aliphatic carbocycles. The third kappa shape index (κ3) is 2.42. The van der Waals surface area contributed by atoms with Crippen molar-refractivity contribution >= 4 is 51.4 Å². The van der Waals surface area contributed by atoms with Gasteiger partial charge in [-0.25, -0.2) is 0 Å². The fourth-order valence-electron chi connectivity index (χ4n) is 2.79. The van der Waals surface area contributed by atoms with Crippen molar-refractivity contribution in [3.8, 4) is 0 Å². The lowest BCUT2D eigenvalue weighted by atomic mass is 10.1. The number of nitrogens with zero attached hydrogens (tertiary/aromatic N) is 2. The minimum atomic E-state index is -0.186. The summed E-state index contributed by atoms with van der Waals surface area (Å²) < 4.78 is 0.500. The van der Waals surface area contributed by atoms with E-state index in [9.17, 15) is 9.59 Å². The molecule has 0 atom stereocenters. The summed E-state index contributed by atoms with van der Waals surface area (Å²) in [7, 11) is 0. The van der Waals surface area contributed by atoms with Crippen LogP contribution in [0.5, 0.6) is 0 Å². The van der Waals surface area contributed by atoms with E-state index in [1.54, 1.807) is 15.9 Å². The van der Waals surface area contributed by atoms with Crippen molar-refractivity contribution in [3.05, 3.63) is 47.4 Å². The Morgan fingerprint density at radius 1 is 1.26 bits per heavy atom. The molecule has 2 amide bonds. The van der Waals surface area contributed by atoms with Crippen molar-refractivity contribution in [1.82, 2.24) is 4.90 Å². The zero-order chi connectivity index (χ0) is 16.7. The number of thiocarbonyl (C=S) groups is 1. The molecule has 0 N–H and O–H groups in total. The maximum Gasteiger partial charge on any atom is 0.267 e. The molecule has 1 saturated heterocycles. The molecule has 1 fully saturated rings. The van der Waals surface area contributed by atoms with Crippen LogP contribution < -0.4 is 4.90 Å². The lowest BCUT2D eigenvalue weighted by molar-refractivity contribution is -0.123. The largest absolute Gasteiger partial charge is 0.304 e. The number of hydrogen-bond acceptors (Lipinski definition) is 4. The maximum absolute atomic E-state index is 12.9. The quantitative estimate of drug-likeness (QED) is 0.480. The molecule has 0 radical (unpaired) electrons. The molecule has 6 heteroatoms. The van der Waals surface area contributed by atoms with Crippen molar-refractivity contribution in [1.29, 1.82) is 0 Å². The predicted octanol–water partition coefficient (Wildman–Crippen LogP) is 3.20. The van der Waals surface area contributed by atoms with Gasteiger partial charge in [0, 0.05) is 18.2 Å². The molecule has 23 heavy (non-hydrogen) atoms. The molecule has 0 unspecified atom stereocenters. The lowest BCUT2D eigenvalue weighted by Gasteiger charge is -2.18. The Labute approximate surface area is 144 Å². The smallest absolute Gasteiger partial charge is 0.267 e. The fourth-order valence-corrected chi connectivity index (χ4v) is 4.38.